The van der Waals surface area contributed by atoms with Crippen molar-refractivity contribution in [3.05, 3.63) is 35.9 Å². The molecule has 17 heavy (non-hydrogen) atoms. The Kier molecular flexibility index (Phi) is 4.17. The number of hydrogen-bond acceptors (Lipinski definition) is 2. The minimum atomic E-state index is -0.0298. The molecule has 1 saturated carbocycles. The van der Waals surface area contributed by atoms with Crippen LogP contribution in [0, 0.1) is 17.2 Å². The summed E-state index contributed by atoms with van der Waals surface area (Å²) in [5.41, 5.74) is 1.11. The van der Waals surface area contributed by atoms with E-state index < -0.39 is 0 Å². The standard InChI is InChI=1S/C15H20N2/c1-12(9-13-7-8-13)17-11-15(10-16)14-5-3-2-4-6-14/h2-6,12-13,15,17H,7-9,11H2,1H3. The Morgan fingerprint density at radius 3 is 2.65 bits per heavy atom. The van der Waals surface area contributed by atoms with Crippen molar-refractivity contribution in [2.45, 2.75) is 38.1 Å². The van der Waals surface area contributed by atoms with Gasteiger partial charge < -0.3 is 5.32 Å². The minimum Gasteiger partial charge on any atom is -0.313 e. The summed E-state index contributed by atoms with van der Waals surface area (Å²) in [4.78, 5) is 0. The maximum absolute atomic E-state index is 9.20. The fourth-order valence-electron chi connectivity index (χ4n) is 2.18. The SMILES string of the molecule is CC(CC1CC1)NCC(C#N)c1ccccc1. The number of nitriles is 1. The predicted molar refractivity (Wildman–Crippen MR) is 69.6 cm³/mol. The van der Waals surface area contributed by atoms with Gasteiger partial charge in [0.2, 0.25) is 0 Å². The van der Waals surface area contributed by atoms with Crippen LogP contribution in [-0.4, -0.2) is 12.6 Å². The Morgan fingerprint density at radius 2 is 2.06 bits per heavy atom. The van der Waals surface area contributed by atoms with E-state index in [1.165, 1.54) is 19.3 Å². The third-order valence-corrected chi connectivity index (χ3v) is 3.41. The molecule has 2 nitrogen and oxygen atoms in total. The highest BCUT2D eigenvalue weighted by Gasteiger charge is 2.23. The third kappa shape index (κ3) is 3.87. The van der Waals surface area contributed by atoms with Crippen molar-refractivity contribution in [2.75, 3.05) is 6.54 Å². The van der Waals surface area contributed by atoms with Crippen molar-refractivity contribution in [1.82, 2.24) is 5.32 Å². The molecule has 0 bridgehead atoms. The van der Waals surface area contributed by atoms with Gasteiger partial charge in [0.1, 0.15) is 0 Å². The maximum atomic E-state index is 9.20. The van der Waals surface area contributed by atoms with Crippen molar-refractivity contribution in [1.29, 1.82) is 5.26 Å². The van der Waals surface area contributed by atoms with Gasteiger partial charge in [0.25, 0.3) is 0 Å². The molecule has 0 heterocycles. The summed E-state index contributed by atoms with van der Waals surface area (Å²) in [5, 5.41) is 12.7. The van der Waals surface area contributed by atoms with E-state index in [9.17, 15) is 5.26 Å². The lowest BCUT2D eigenvalue weighted by molar-refractivity contribution is 0.482. The molecule has 1 aliphatic rings. The molecule has 0 spiro atoms. The first-order valence-electron chi connectivity index (χ1n) is 6.47. The molecule has 2 heteroatoms. The molecule has 0 radical (unpaired) electrons. The molecule has 2 rings (SSSR count). The third-order valence-electron chi connectivity index (χ3n) is 3.41. The van der Waals surface area contributed by atoms with Gasteiger partial charge in [-0.25, -0.2) is 0 Å². The Bertz CT molecular complexity index is 376. The molecular formula is C15H20N2. The maximum Gasteiger partial charge on any atom is 0.0837 e. The first kappa shape index (κ1) is 12.1. The zero-order valence-electron chi connectivity index (χ0n) is 10.4. The molecular weight excluding hydrogens is 208 g/mol. The highest BCUT2D eigenvalue weighted by atomic mass is 14.9. The zero-order valence-corrected chi connectivity index (χ0v) is 10.4. The summed E-state index contributed by atoms with van der Waals surface area (Å²) < 4.78 is 0. The Balaban J connectivity index is 1.81. The second-order valence-corrected chi connectivity index (χ2v) is 5.08. The summed E-state index contributed by atoms with van der Waals surface area (Å²) >= 11 is 0. The number of hydrogen-bond donors (Lipinski definition) is 1. The highest BCUT2D eigenvalue weighted by Crippen LogP contribution is 2.33. The summed E-state index contributed by atoms with van der Waals surface area (Å²) in [5.74, 6) is 0.910. The van der Waals surface area contributed by atoms with Crippen molar-refractivity contribution in [3.8, 4) is 6.07 Å². The number of rotatable bonds is 6. The second kappa shape index (κ2) is 5.84. The molecule has 1 aliphatic carbocycles. The molecule has 90 valence electrons. The fraction of sp³-hybridized carbons (Fsp3) is 0.533. The highest BCUT2D eigenvalue weighted by molar-refractivity contribution is 5.25. The van der Waals surface area contributed by atoms with Crippen LogP contribution in [0.4, 0.5) is 0 Å². The molecule has 0 saturated heterocycles. The molecule has 0 aromatic heterocycles. The monoisotopic (exact) mass is 228 g/mol. The van der Waals surface area contributed by atoms with E-state index in [0.29, 0.717) is 6.04 Å². The summed E-state index contributed by atoms with van der Waals surface area (Å²) in [7, 11) is 0. The van der Waals surface area contributed by atoms with Crippen LogP contribution in [0.25, 0.3) is 0 Å². The topological polar surface area (TPSA) is 35.8 Å². The van der Waals surface area contributed by atoms with Gasteiger partial charge in [-0.1, -0.05) is 43.2 Å². The fourth-order valence-corrected chi connectivity index (χ4v) is 2.18. The molecule has 1 N–H and O–H groups in total. The largest absolute Gasteiger partial charge is 0.313 e. The average molecular weight is 228 g/mol. The number of nitrogens with zero attached hydrogens (tertiary/aromatic N) is 1. The Morgan fingerprint density at radius 1 is 1.35 bits per heavy atom. The molecule has 0 amide bonds. The smallest absolute Gasteiger partial charge is 0.0837 e. The predicted octanol–water partition coefficient (Wildman–Crippen LogP) is 3.07. The van der Waals surface area contributed by atoms with Crippen LogP contribution in [0.3, 0.4) is 0 Å². The average Bonchev–Trinajstić information content (AvgIpc) is 3.15. The van der Waals surface area contributed by atoms with Crippen LogP contribution in [0.15, 0.2) is 30.3 Å². The van der Waals surface area contributed by atoms with Crippen LogP contribution in [-0.2, 0) is 0 Å². The van der Waals surface area contributed by atoms with Gasteiger partial charge in [0, 0.05) is 12.6 Å². The van der Waals surface area contributed by atoms with E-state index in [2.05, 4.69) is 18.3 Å². The van der Waals surface area contributed by atoms with Crippen LogP contribution < -0.4 is 5.32 Å². The first-order chi connectivity index (χ1) is 8.29. The van der Waals surface area contributed by atoms with Gasteiger partial charge in [-0.15, -0.1) is 0 Å². The molecule has 2 unspecified atom stereocenters. The summed E-state index contributed by atoms with van der Waals surface area (Å²) in [6, 6.07) is 12.9. The lowest BCUT2D eigenvalue weighted by atomic mass is 10.00. The van der Waals surface area contributed by atoms with Gasteiger partial charge in [-0.3, -0.25) is 0 Å². The van der Waals surface area contributed by atoms with Crippen molar-refractivity contribution >= 4 is 0 Å². The van der Waals surface area contributed by atoms with Crippen molar-refractivity contribution in [2.24, 2.45) is 5.92 Å². The normalized spacial score (nSPS) is 18.4. The summed E-state index contributed by atoms with van der Waals surface area (Å²) in [6.07, 6.45) is 4.05. The van der Waals surface area contributed by atoms with Gasteiger partial charge in [0.05, 0.1) is 12.0 Å². The van der Waals surface area contributed by atoms with E-state index in [1.54, 1.807) is 0 Å². The number of benzene rings is 1. The van der Waals surface area contributed by atoms with Crippen LogP contribution in [0.5, 0.6) is 0 Å². The number of nitrogens with one attached hydrogen (secondary N) is 1. The van der Waals surface area contributed by atoms with Crippen LogP contribution in [0.1, 0.15) is 37.7 Å². The minimum absolute atomic E-state index is 0.0298. The molecule has 0 aliphatic heterocycles. The molecule has 1 aromatic carbocycles. The lowest BCUT2D eigenvalue weighted by Gasteiger charge is -2.16. The second-order valence-electron chi connectivity index (χ2n) is 5.08. The van der Waals surface area contributed by atoms with E-state index >= 15 is 0 Å². The lowest BCUT2D eigenvalue weighted by Crippen LogP contribution is -2.30. The Labute approximate surface area is 104 Å². The van der Waals surface area contributed by atoms with Crippen LogP contribution in [0.2, 0.25) is 0 Å². The van der Waals surface area contributed by atoms with Crippen molar-refractivity contribution in [3.63, 3.8) is 0 Å². The zero-order chi connectivity index (χ0) is 12.1. The molecule has 2 atom stereocenters. The van der Waals surface area contributed by atoms with Gasteiger partial charge in [-0.05, 0) is 24.8 Å². The molecule has 1 fully saturated rings. The first-order valence-corrected chi connectivity index (χ1v) is 6.47. The van der Waals surface area contributed by atoms with E-state index in [-0.39, 0.29) is 5.92 Å². The van der Waals surface area contributed by atoms with Gasteiger partial charge in [-0.2, -0.15) is 5.26 Å². The quantitative estimate of drug-likeness (QED) is 0.812. The van der Waals surface area contributed by atoms with E-state index in [4.69, 9.17) is 0 Å². The van der Waals surface area contributed by atoms with Gasteiger partial charge in [0.15, 0.2) is 0 Å². The van der Waals surface area contributed by atoms with Gasteiger partial charge >= 0.3 is 0 Å². The van der Waals surface area contributed by atoms with Crippen molar-refractivity contribution < 1.29 is 0 Å². The summed E-state index contributed by atoms with van der Waals surface area (Å²) in [6.45, 7) is 2.98. The Hall–Kier alpha value is -1.33. The van der Waals surface area contributed by atoms with Crippen LogP contribution >= 0.6 is 0 Å². The van der Waals surface area contributed by atoms with E-state index in [0.717, 1.165) is 18.0 Å². The van der Waals surface area contributed by atoms with E-state index in [1.807, 2.05) is 30.3 Å². The molecule has 1 aromatic rings.